The molecule has 2 aliphatic rings. The minimum absolute atomic E-state index is 0.0977. The van der Waals surface area contributed by atoms with Gasteiger partial charge in [0.1, 0.15) is 12.4 Å². The zero-order chi connectivity index (χ0) is 26.9. The van der Waals surface area contributed by atoms with Crippen LogP contribution in [0.1, 0.15) is 38.2 Å². The van der Waals surface area contributed by atoms with Crippen molar-refractivity contribution in [1.82, 2.24) is 9.29 Å². The molecule has 2 unspecified atom stereocenters. The van der Waals surface area contributed by atoms with Crippen molar-refractivity contribution in [2.24, 2.45) is 5.92 Å². The molecule has 0 radical (unpaired) electrons. The average molecular weight is 552 g/mol. The molecule has 0 bridgehead atoms. The van der Waals surface area contributed by atoms with Gasteiger partial charge in [-0.1, -0.05) is 44.2 Å². The lowest BCUT2D eigenvalue weighted by Gasteiger charge is -2.19. The zero-order valence-electron chi connectivity index (χ0n) is 21.7. The zero-order valence-corrected chi connectivity index (χ0v) is 23.3. The summed E-state index contributed by atoms with van der Waals surface area (Å²) in [6.45, 7) is 5.67. The van der Waals surface area contributed by atoms with Gasteiger partial charge in [0.05, 0.1) is 4.90 Å². The van der Waals surface area contributed by atoms with Gasteiger partial charge in [-0.25, -0.2) is 13.4 Å². The maximum atomic E-state index is 13.4. The lowest BCUT2D eigenvalue weighted by molar-refractivity contribution is -0.135. The number of hydrogen-bond donors (Lipinski definition) is 1. The fourth-order valence-corrected chi connectivity index (χ4v) is 7.87. The van der Waals surface area contributed by atoms with E-state index in [1.165, 1.54) is 0 Å². The maximum absolute atomic E-state index is 13.4. The monoisotopic (exact) mass is 551 g/mol. The second kappa shape index (κ2) is 11.1. The van der Waals surface area contributed by atoms with Crippen molar-refractivity contribution in [3.8, 4) is 11.1 Å². The van der Waals surface area contributed by atoms with Crippen LogP contribution in [0.5, 0.6) is 0 Å². The Morgan fingerprint density at radius 2 is 1.82 bits per heavy atom. The van der Waals surface area contributed by atoms with Gasteiger partial charge in [-0.15, -0.1) is 11.8 Å². The number of thioether (sulfide) groups is 1. The number of aliphatic carboxylic acids is 1. The number of carboxylic acids is 1. The van der Waals surface area contributed by atoms with Gasteiger partial charge in [0.25, 0.3) is 0 Å². The molecule has 2 aliphatic heterocycles. The van der Waals surface area contributed by atoms with Gasteiger partial charge in [0, 0.05) is 53.0 Å². The molecule has 5 rings (SSSR count). The van der Waals surface area contributed by atoms with Crippen LogP contribution < -0.4 is 4.90 Å². The Kier molecular flexibility index (Phi) is 7.79. The van der Waals surface area contributed by atoms with Crippen molar-refractivity contribution in [3.63, 3.8) is 0 Å². The van der Waals surface area contributed by atoms with E-state index in [1.54, 1.807) is 34.4 Å². The lowest BCUT2D eigenvalue weighted by Crippen LogP contribution is -2.30. The molecule has 3 heterocycles. The smallest absolute Gasteiger partial charge is 0.323 e. The van der Waals surface area contributed by atoms with Gasteiger partial charge in [0.15, 0.2) is 0 Å². The maximum Gasteiger partial charge on any atom is 0.323 e. The highest BCUT2D eigenvalue weighted by atomic mass is 32.2. The molecule has 9 heteroatoms. The number of sulfonamides is 1. The molecule has 2 atom stereocenters. The van der Waals surface area contributed by atoms with E-state index in [4.69, 9.17) is 0 Å². The van der Waals surface area contributed by atoms with Crippen molar-refractivity contribution < 1.29 is 18.3 Å². The summed E-state index contributed by atoms with van der Waals surface area (Å²) in [5.74, 6) is 0.129. The van der Waals surface area contributed by atoms with Crippen LogP contribution in [0.15, 0.2) is 76.7 Å². The van der Waals surface area contributed by atoms with E-state index in [1.807, 2.05) is 47.4 Å². The Labute approximate surface area is 228 Å². The van der Waals surface area contributed by atoms with Crippen LogP contribution in [0.25, 0.3) is 11.1 Å². The molecule has 0 aliphatic carbocycles. The van der Waals surface area contributed by atoms with E-state index in [9.17, 15) is 18.3 Å². The van der Waals surface area contributed by atoms with Gasteiger partial charge in [0.2, 0.25) is 10.0 Å². The third-order valence-corrected chi connectivity index (χ3v) is 10.1. The molecule has 200 valence electrons. The van der Waals surface area contributed by atoms with Gasteiger partial charge in [-0.3, -0.25) is 4.79 Å². The quantitative estimate of drug-likeness (QED) is 0.359. The Morgan fingerprint density at radius 1 is 1.08 bits per heavy atom. The number of carbonyl (C=O) groups is 1. The molecular formula is C29H33N3O4S2. The van der Waals surface area contributed by atoms with Crippen LogP contribution in [0.3, 0.4) is 0 Å². The number of pyridine rings is 1. The highest BCUT2D eigenvalue weighted by molar-refractivity contribution is 7.99. The fraction of sp³-hybridized carbons (Fsp3) is 0.379. The van der Waals surface area contributed by atoms with Crippen LogP contribution in [0.4, 0.5) is 5.82 Å². The Morgan fingerprint density at radius 3 is 2.50 bits per heavy atom. The molecule has 0 saturated carbocycles. The Balaban J connectivity index is 1.32. The summed E-state index contributed by atoms with van der Waals surface area (Å²) in [6.07, 6.45) is 3.39. The van der Waals surface area contributed by atoms with Crippen molar-refractivity contribution in [2.75, 3.05) is 31.1 Å². The van der Waals surface area contributed by atoms with E-state index in [2.05, 4.69) is 24.9 Å². The minimum Gasteiger partial charge on any atom is -0.480 e. The van der Waals surface area contributed by atoms with Crippen molar-refractivity contribution in [2.45, 2.75) is 47.6 Å². The first-order chi connectivity index (χ1) is 18.2. The van der Waals surface area contributed by atoms with Gasteiger partial charge < -0.3 is 10.0 Å². The Bertz CT molecular complexity index is 1400. The SMILES string of the molecule is CC(C)Sc1ccc(S(=O)(=O)N2CCC(CC3CN(CC(=O)O)c4ncc(-c5ccccc5)cc43)C2)cc1. The van der Waals surface area contributed by atoms with E-state index in [-0.39, 0.29) is 18.4 Å². The van der Waals surface area contributed by atoms with Gasteiger partial charge >= 0.3 is 5.97 Å². The summed E-state index contributed by atoms with van der Waals surface area (Å²) in [4.78, 5) is 19.4. The number of benzene rings is 2. The van der Waals surface area contributed by atoms with Gasteiger partial charge in [-0.2, -0.15) is 4.31 Å². The minimum atomic E-state index is -3.56. The number of anilines is 1. The number of fused-ring (bicyclic) bond motifs is 1. The Hall–Kier alpha value is -2.88. The standard InChI is InChI=1S/C29H33N3O4S2/c1-20(2)37-25-8-10-26(11-9-25)38(35,36)32-13-12-21(17-32)14-24-18-31(19-28(33)34)29-27(24)15-23(16-30-29)22-6-4-3-5-7-22/h3-11,15-16,20-21,24H,12-14,17-19H2,1-2H3,(H,33,34). The first kappa shape index (κ1) is 26.7. The summed E-state index contributed by atoms with van der Waals surface area (Å²) in [7, 11) is -3.56. The highest BCUT2D eigenvalue weighted by Crippen LogP contribution is 2.42. The summed E-state index contributed by atoms with van der Waals surface area (Å²) in [6, 6.07) is 19.3. The van der Waals surface area contributed by atoms with Crippen LogP contribution in [-0.2, 0) is 14.8 Å². The van der Waals surface area contributed by atoms with Crippen LogP contribution in [0.2, 0.25) is 0 Å². The van der Waals surface area contributed by atoms with Crippen LogP contribution in [-0.4, -0.2) is 60.2 Å². The third kappa shape index (κ3) is 5.75. The van der Waals surface area contributed by atoms with Crippen molar-refractivity contribution in [1.29, 1.82) is 0 Å². The number of carboxylic acid groups (broad SMARTS) is 1. The summed E-state index contributed by atoms with van der Waals surface area (Å²) >= 11 is 1.71. The fourth-order valence-electron chi connectivity index (χ4n) is 5.50. The molecule has 1 fully saturated rings. The molecule has 3 aromatic rings. The first-order valence-electron chi connectivity index (χ1n) is 13.0. The molecule has 2 aromatic carbocycles. The average Bonchev–Trinajstić information content (AvgIpc) is 3.50. The number of hydrogen-bond acceptors (Lipinski definition) is 6. The number of rotatable bonds is 9. The normalized spacial score (nSPS) is 19.7. The molecular weight excluding hydrogens is 518 g/mol. The lowest BCUT2D eigenvalue weighted by atomic mass is 9.89. The molecule has 1 aromatic heterocycles. The molecule has 1 saturated heterocycles. The third-order valence-electron chi connectivity index (χ3n) is 7.21. The molecule has 7 nitrogen and oxygen atoms in total. The topological polar surface area (TPSA) is 90.8 Å². The van der Waals surface area contributed by atoms with Crippen molar-refractivity contribution in [3.05, 3.63) is 72.4 Å². The second-order valence-electron chi connectivity index (χ2n) is 10.4. The van der Waals surface area contributed by atoms with Crippen LogP contribution in [0, 0.1) is 5.92 Å². The summed E-state index contributed by atoms with van der Waals surface area (Å²) in [5, 5.41) is 9.88. The van der Waals surface area contributed by atoms with E-state index in [0.29, 0.717) is 29.8 Å². The van der Waals surface area contributed by atoms with Gasteiger partial charge in [-0.05, 0) is 54.7 Å². The predicted octanol–water partition coefficient (Wildman–Crippen LogP) is 5.34. The summed E-state index contributed by atoms with van der Waals surface area (Å²) in [5.41, 5.74) is 3.11. The van der Waals surface area contributed by atoms with E-state index >= 15 is 0 Å². The molecule has 0 spiro atoms. The van der Waals surface area contributed by atoms with E-state index < -0.39 is 16.0 Å². The molecule has 0 amide bonds. The summed E-state index contributed by atoms with van der Waals surface area (Å²) < 4.78 is 28.3. The van der Waals surface area contributed by atoms with Crippen molar-refractivity contribution >= 4 is 33.6 Å². The number of nitrogens with zero attached hydrogens (tertiary/aromatic N) is 3. The second-order valence-corrected chi connectivity index (χ2v) is 14.0. The largest absolute Gasteiger partial charge is 0.480 e. The highest BCUT2D eigenvalue weighted by Gasteiger charge is 2.37. The van der Waals surface area contributed by atoms with E-state index in [0.717, 1.165) is 40.2 Å². The predicted molar refractivity (Wildman–Crippen MR) is 151 cm³/mol. The molecule has 1 N–H and O–H groups in total. The first-order valence-corrected chi connectivity index (χ1v) is 15.3. The number of aromatic nitrogens is 1. The molecule has 38 heavy (non-hydrogen) atoms. The van der Waals surface area contributed by atoms with Crippen LogP contribution >= 0.6 is 11.8 Å².